The maximum atomic E-state index is 13.7. The summed E-state index contributed by atoms with van der Waals surface area (Å²) in [5.41, 5.74) is 2.11. The minimum absolute atomic E-state index is 0.102. The number of fused-ring (bicyclic) bond motifs is 1. The Morgan fingerprint density at radius 2 is 1.69 bits per heavy atom. The Kier molecular flexibility index (Phi) is 7.78. The zero-order chi connectivity index (χ0) is 24.9. The van der Waals surface area contributed by atoms with E-state index in [9.17, 15) is 9.59 Å². The number of likely N-dealkylation sites (N-methyl/N-ethyl adjacent to an activating group) is 1. The Morgan fingerprint density at radius 1 is 0.971 bits per heavy atom. The molecule has 0 saturated heterocycles. The number of hydrogen-bond donors (Lipinski definition) is 0. The highest BCUT2D eigenvalue weighted by Crippen LogP contribution is 2.24. The number of amides is 1. The van der Waals surface area contributed by atoms with E-state index in [0.717, 1.165) is 10.0 Å². The van der Waals surface area contributed by atoms with Crippen molar-refractivity contribution in [1.82, 2.24) is 19.4 Å². The fourth-order valence-corrected chi connectivity index (χ4v) is 4.53. The van der Waals surface area contributed by atoms with E-state index in [0.29, 0.717) is 41.9 Å². The molecule has 0 radical (unpaired) electrons. The highest BCUT2D eigenvalue weighted by molar-refractivity contribution is 9.10. The molecule has 0 fully saturated rings. The predicted octanol–water partition coefficient (Wildman–Crippen LogP) is 4.97. The Labute approximate surface area is 214 Å². The van der Waals surface area contributed by atoms with Gasteiger partial charge >= 0.3 is 0 Å². The van der Waals surface area contributed by atoms with Gasteiger partial charge in [0.05, 0.1) is 23.5 Å². The quantitative estimate of drug-likeness (QED) is 0.321. The lowest BCUT2D eigenvalue weighted by molar-refractivity contribution is 0.0665. The molecule has 7 heteroatoms. The molecule has 4 rings (SSSR count). The summed E-state index contributed by atoms with van der Waals surface area (Å²) in [6, 6.07) is 24.2. The van der Waals surface area contributed by atoms with Crippen LogP contribution in [0, 0.1) is 0 Å². The third kappa shape index (κ3) is 5.69. The van der Waals surface area contributed by atoms with Crippen LogP contribution in [0.1, 0.15) is 34.7 Å². The molecule has 1 unspecified atom stereocenters. The van der Waals surface area contributed by atoms with E-state index in [4.69, 9.17) is 4.98 Å². The van der Waals surface area contributed by atoms with Gasteiger partial charge < -0.3 is 9.80 Å². The van der Waals surface area contributed by atoms with Crippen molar-refractivity contribution in [2.45, 2.75) is 19.5 Å². The molecule has 1 heterocycles. The van der Waals surface area contributed by atoms with Gasteiger partial charge in [-0.3, -0.25) is 14.2 Å². The van der Waals surface area contributed by atoms with Crippen molar-refractivity contribution in [2.75, 3.05) is 27.2 Å². The van der Waals surface area contributed by atoms with Gasteiger partial charge in [-0.15, -0.1) is 0 Å². The van der Waals surface area contributed by atoms with E-state index < -0.39 is 6.04 Å². The monoisotopic (exact) mass is 532 g/mol. The van der Waals surface area contributed by atoms with Crippen LogP contribution in [0.5, 0.6) is 0 Å². The first-order valence-electron chi connectivity index (χ1n) is 11.6. The largest absolute Gasteiger partial charge is 0.327 e. The highest BCUT2D eigenvalue weighted by atomic mass is 79.9. The van der Waals surface area contributed by atoms with E-state index in [2.05, 4.69) is 15.9 Å². The molecular weight excluding hydrogens is 504 g/mol. The molecule has 0 aliphatic rings. The summed E-state index contributed by atoms with van der Waals surface area (Å²) in [6.07, 6.45) is 0. The van der Waals surface area contributed by atoms with Gasteiger partial charge in [-0.25, -0.2) is 4.98 Å². The molecule has 35 heavy (non-hydrogen) atoms. The van der Waals surface area contributed by atoms with Crippen LogP contribution in [-0.4, -0.2) is 52.4 Å². The molecule has 1 aromatic heterocycles. The summed E-state index contributed by atoms with van der Waals surface area (Å²) < 4.78 is 2.55. The maximum absolute atomic E-state index is 13.7. The molecule has 1 amide bonds. The summed E-state index contributed by atoms with van der Waals surface area (Å²) in [5, 5.41) is 0.567. The standard InChI is InChI=1S/C28H29BrN4O2/c1-20(32(17-16-31(2)3)27(34)22-12-9-13-23(29)18-22)26-30-25-15-8-7-14-24(25)28(35)33(26)19-21-10-5-4-6-11-21/h4-15,18,20H,16-17,19H2,1-3H3. The van der Waals surface area contributed by atoms with Gasteiger partial charge in [0.25, 0.3) is 11.5 Å². The molecule has 180 valence electrons. The van der Waals surface area contributed by atoms with E-state index in [-0.39, 0.29) is 11.5 Å². The van der Waals surface area contributed by atoms with E-state index >= 15 is 0 Å². The average Bonchev–Trinajstić information content (AvgIpc) is 2.86. The van der Waals surface area contributed by atoms with Crippen LogP contribution in [-0.2, 0) is 6.54 Å². The lowest BCUT2D eigenvalue weighted by atomic mass is 10.1. The highest BCUT2D eigenvalue weighted by Gasteiger charge is 2.27. The minimum Gasteiger partial charge on any atom is -0.327 e. The van der Waals surface area contributed by atoms with Crippen molar-refractivity contribution in [3.8, 4) is 0 Å². The zero-order valence-electron chi connectivity index (χ0n) is 20.2. The first-order chi connectivity index (χ1) is 16.8. The van der Waals surface area contributed by atoms with Crippen LogP contribution in [0.15, 0.2) is 88.1 Å². The van der Waals surface area contributed by atoms with Crippen LogP contribution in [0.4, 0.5) is 0 Å². The van der Waals surface area contributed by atoms with Gasteiger partial charge in [0.1, 0.15) is 5.82 Å². The number of nitrogens with zero attached hydrogens (tertiary/aromatic N) is 4. The fraction of sp³-hybridized carbons (Fsp3) is 0.250. The van der Waals surface area contributed by atoms with Crippen molar-refractivity contribution >= 4 is 32.7 Å². The smallest absolute Gasteiger partial charge is 0.261 e. The van der Waals surface area contributed by atoms with E-state index in [1.165, 1.54) is 0 Å². The molecule has 0 spiro atoms. The third-order valence-electron chi connectivity index (χ3n) is 6.04. The molecule has 0 bridgehead atoms. The second-order valence-corrected chi connectivity index (χ2v) is 9.77. The predicted molar refractivity (Wildman–Crippen MR) is 144 cm³/mol. The number of benzene rings is 3. The number of carbonyl (C=O) groups excluding carboxylic acids is 1. The normalized spacial score (nSPS) is 12.1. The van der Waals surface area contributed by atoms with Crippen molar-refractivity contribution in [2.24, 2.45) is 0 Å². The van der Waals surface area contributed by atoms with Gasteiger partial charge in [-0.1, -0.05) is 64.5 Å². The van der Waals surface area contributed by atoms with Crippen LogP contribution in [0.2, 0.25) is 0 Å². The molecule has 6 nitrogen and oxygen atoms in total. The number of carbonyl (C=O) groups is 1. The second kappa shape index (κ2) is 11.0. The summed E-state index contributed by atoms with van der Waals surface area (Å²) in [7, 11) is 3.96. The van der Waals surface area contributed by atoms with E-state index in [1.54, 1.807) is 15.5 Å². The maximum Gasteiger partial charge on any atom is 0.261 e. The lowest BCUT2D eigenvalue weighted by Gasteiger charge is -2.31. The number of rotatable bonds is 8. The number of para-hydroxylation sites is 1. The molecule has 1 atom stereocenters. The number of hydrogen-bond acceptors (Lipinski definition) is 4. The fourth-order valence-electron chi connectivity index (χ4n) is 4.13. The van der Waals surface area contributed by atoms with Gasteiger partial charge in [0, 0.05) is 23.1 Å². The number of aromatic nitrogens is 2. The van der Waals surface area contributed by atoms with Crippen LogP contribution in [0.25, 0.3) is 10.9 Å². The van der Waals surface area contributed by atoms with Gasteiger partial charge in [0.2, 0.25) is 0 Å². The molecule has 3 aromatic carbocycles. The summed E-state index contributed by atoms with van der Waals surface area (Å²) in [6.45, 7) is 3.50. The minimum atomic E-state index is -0.428. The van der Waals surface area contributed by atoms with E-state index in [1.807, 2.05) is 98.7 Å². The average molecular weight is 533 g/mol. The summed E-state index contributed by atoms with van der Waals surface area (Å²) in [5.74, 6) is 0.467. The van der Waals surface area contributed by atoms with Crippen molar-refractivity contribution in [1.29, 1.82) is 0 Å². The topological polar surface area (TPSA) is 58.4 Å². The SMILES string of the molecule is CC(c1nc2ccccc2c(=O)n1Cc1ccccc1)N(CCN(C)C)C(=O)c1cccc(Br)c1. The molecule has 0 N–H and O–H groups in total. The zero-order valence-corrected chi connectivity index (χ0v) is 21.8. The molecular formula is C28H29BrN4O2. The molecule has 0 aliphatic carbocycles. The first-order valence-corrected chi connectivity index (χ1v) is 12.4. The lowest BCUT2D eigenvalue weighted by Crippen LogP contribution is -2.41. The number of halogens is 1. The Hall–Kier alpha value is -3.29. The van der Waals surface area contributed by atoms with Crippen molar-refractivity contribution in [3.63, 3.8) is 0 Å². The Balaban J connectivity index is 1.84. The Morgan fingerprint density at radius 3 is 2.40 bits per heavy atom. The first kappa shape index (κ1) is 24.8. The molecule has 0 saturated carbocycles. The van der Waals surface area contributed by atoms with Crippen LogP contribution >= 0.6 is 15.9 Å². The summed E-state index contributed by atoms with van der Waals surface area (Å²) in [4.78, 5) is 36.1. The van der Waals surface area contributed by atoms with Crippen LogP contribution in [0.3, 0.4) is 0 Å². The van der Waals surface area contributed by atoms with Gasteiger partial charge in [-0.2, -0.15) is 0 Å². The van der Waals surface area contributed by atoms with Crippen molar-refractivity contribution < 1.29 is 4.79 Å². The third-order valence-corrected chi connectivity index (χ3v) is 6.53. The molecule has 4 aromatic rings. The van der Waals surface area contributed by atoms with Gasteiger partial charge in [-0.05, 0) is 56.9 Å². The Bertz CT molecular complexity index is 1380. The molecule has 0 aliphatic heterocycles. The second-order valence-electron chi connectivity index (χ2n) is 8.85. The summed E-state index contributed by atoms with van der Waals surface area (Å²) >= 11 is 3.47. The van der Waals surface area contributed by atoms with Crippen LogP contribution < -0.4 is 5.56 Å². The van der Waals surface area contributed by atoms with Gasteiger partial charge in [0.15, 0.2) is 0 Å². The van der Waals surface area contributed by atoms with Crippen molar-refractivity contribution in [3.05, 3.63) is 111 Å².